The summed E-state index contributed by atoms with van der Waals surface area (Å²) in [5.74, 6) is 0.119. The number of nitro groups is 1. The van der Waals surface area contributed by atoms with Crippen LogP contribution in [-0.4, -0.2) is 23.2 Å². The van der Waals surface area contributed by atoms with Crippen molar-refractivity contribution in [2.45, 2.75) is 24.3 Å². The summed E-state index contributed by atoms with van der Waals surface area (Å²) in [6.07, 6.45) is 0.659. The largest absolute Gasteiger partial charge is 0.487 e. The van der Waals surface area contributed by atoms with E-state index in [9.17, 15) is 19.3 Å². The van der Waals surface area contributed by atoms with Gasteiger partial charge in [-0.1, -0.05) is 0 Å². The standard InChI is InChI=1S/C18H17FN2O4S/c1-2-25-16-5-3-11(9-15(16)21(23)24)18(22)20-14-7-8-26-17-6-4-12(19)10-13(14)17/h3-6,9-10,14H,2,7-8H2,1H3,(H,20,22). The molecule has 0 fully saturated rings. The van der Waals surface area contributed by atoms with Crippen LogP contribution < -0.4 is 10.1 Å². The van der Waals surface area contributed by atoms with Crippen LogP contribution in [0.2, 0.25) is 0 Å². The molecule has 0 bridgehead atoms. The third kappa shape index (κ3) is 3.80. The van der Waals surface area contributed by atoms with Gasteiger partial charge in [-0.2, -0.15) is 0 Å². The fourth-order valence-corrected chi connectivity index (χ4v) is 3.94. The van der Waals surface area contributed by atoms with E-state index in [4.69, 9.17) is 4.74 Å². The minimum Gasteiger partial charge on any atom is -0.487 e. The van der Waals surface area contributed by atoms with Gasteiger partial charge in [0.2, 0.25) is 0 Å². The van der Waals surface area contributed by atoms with E-state index in [0.717, 1.165) is 16.2 Å². The highest BCUT2D eigenvalue weighted by atomic mass is 32.2. The van der Waals surface area contributed by atoms with Crippen LogP contribution in [0.3, 0.4) is 0 Å². The van der Waals surface area contributed by atoms with E-state index in [0.29, 0.717) is 6.42 Å². The van der Waals surface area contributed by atoms with Crippen molar-refractivity contribution in [1.82, 2.24) is 5.32 Å². The summed E-state index contributed by atoms with van der Waals surface area (Å²) in [5.41, 5.74) is 0.636. The molecule has 8 heteroatoms. The molecule has 1 amide bonds. The first-order chi connectivity index (χ1) is 12.5. The van der Waals surface area contributed by atoms with Crippen LogP contribution in [0.1, 0.15) is 35.3 Å². The monoisotopic (exact) mass is 376 g/mol. The average Bonchev–Trinajstić information content (AvgIpc) is 2.62. The Balaban J connectivity index is 1.84. The van der Waals surface area contributed by atoms with E-state index in [1.165, 1.54) is 30.3 Å². The predicted octanol–water partition coefficient (Wildman–Crippen LogP) is 4.10. The Morgan fingerprint density at radius 3 is 2.92 bits per heavy atom. The van der Waals surface area contributed by atoms with Gasteiger partial charge in [0.25, 0.3) is 5.91 Å². The zero-order valence-electron chi connectivity index (χ0n) is 14.0. The van der Waals surface area contributed by atoms with Crippen molar-refractivity contribution in [2.24, 2.45) is 0 Å². The maximum atomic E-state index is 13.6. The normalized spacial score (nSPS) is 15.8. The summed E-state index contributed by atoms with van der Waals surface area (Å²) in [7, 11) is 0. The van der Waals surface area contributed by atoms with Gasteiger partial charge in [0.05, 0.1) is 17.6 Å². The first-order valence-corrected chi connectivity index (χ1v) is 9.12. The fraction of sp³-hybridized carbons (Fsp3) is 0.278. The average molecular weight is 376 g/mol. The molecule has 2 aromatic rings. The first kappa shape index (κ1) is 18.2. The Morgan fingerprint density at radius 2 is 2.19 bits per heavy atom. The Labute approximate surface area is 153 Å². The predicted molar refractivity (Wildman–Crippen MR) is 96.2 cm³/mol. The highest BCUT2D eigenvalue weighted by molar-refractivity contribution is 7.99. The number of amides is 1. The summed E-state index contributed by atoms with van der Waals surface area (Å²) in [6.45, 7) is 2.01. The lowest BCUT2D eigenvalue weighted by Crippen LogP contribution is -2.30. The smallest absolute Gasteiger partial charge is 0.311 e. The number of thioether (sulfide) groups is 1. The molecule has 0 aromatic heterocycles. The van der Waals surface area contributed by atoms with Crippen molar-refractivity contribution in [3.63, 3.8) is 0 Å². The minimum absolute atomic E-state index is 0.121. The second-order valence-corrected chi connectivity index (χ2v) is 6.85. The number of rotatable bonds is 5. The minimum atomic E-state index is -0.580. The SMILES string of the molecule is CCOc1ccc(C(=O)NC2CCSc3ccc(F)cc32)cc1[N+](=O)[O-]. The van der Waals surface area contributed by atoms with Crippen LogP contribution in [-0.2, 0) is 0 Å². The lowest BCUT2D eigenvalue weighted by molar-refractivity contribution is -0.385. The molecule has 1 heterocycles. The third-order valence-electron chi connectivity index (χ3n) is 4.03. The number of nitrogens with zero attached hydrogens (tertiary/aromatic N) is 1. The second-order valence-electron chi connectivity index (χ2n) is 5.72. The molecular weight excluding hydrogens is 359 g/mol. The van der Waals surface area contributed by atoms with Crippen LogP contribution in [0.25, 0.3) is 0 Å². The van der Waals surface area contributed by atoms with Gasteiger partial charge in [-0.05, 0) is 49.2 Å². The van der Waals surface area contributed by atoms with Crippen LogP contribution in [0.5, 0.6) is 5.75 Å². The van der Waals surface area contributed by atoms with Crippen LogP contribution >= 0.6 is 11.8 Å². The Morgan fingerprint density at radius 1 is 1.38 bits per heavy atom. The molecule has 0 saturated heterocycles. The Bertz CT molecular complexity index is 859. The molecule has 0 saturated carbocycles. The van der Waals surface area contributed by atoms with E-state index in [1.54, 1.807) is 24.8 Å². The summed E-state index contributed by atoms with van der Waals surface area (Å²) in [5, 5.41) is 14.1. The van der Waals surface area contributed by atoms with E-state index >= 15 is 0 Å². The van der Waals surface area contributed by atoms with Gasteiger partial charge in [0, 0.05) is 22.3 Å². The topological polar surface area (TPSA) is 81.5 Å². The summed E-state index contributed by atoms with van der Waals surface area (Å²) < 4.78 is 18.8. The summed E-state index contributed by atoms with van der Waals surface area (Å²) >= 11 is 1.61. The molecule has 136 valence electrons. The molecule has 1 aliphatic heterocycles. The highest BCUT2D eigenvalue weighted by Gasteiger charge is 2.25. The number of fused-ring (bicyclic) bond motifs is 1. The molecule has 3 rings (SSSR count). The number of carbonyl (C=O) groups is 1. The lowest BCUT2D eigenvalue weighted by atomic mass is 10.0. The molecule has 1 aliphatic rings. The number of nitro benzene ring substituents is 1. The van der Waals surface area contributed by atoms with Crippen LogP contribution in [0, 0.1) is 15.9 Å². The zero-order chi connectivity index (χ0) is 18.7. The van der Waals surface area contributed by atoms with E-state index in [-0.39, 0.29) is 35.5 Å². The molecule has 2 aromatic carbocycles. The molecule has 0 radical (unpaired) electrons. The van der Waals surface area contributed by atoms with Crippen molar-refractivity contribution in [2.75, 3.05) is 12.4 Å². The van der Waals surface area contributed by atoms with Crippen LogP contribution in [0.4, 0.5) is 10.1 Å². The van der Waals surface area contributed by atoms with Gasteiger partial charge in [-0.25, -0.2) is 4.39 Å². The van der Waals surface area contributed by atoms with Crippen molar-refractivity contribution >= 4 is 23.4 Å². The van der Waals surface area contributed by atoms with Gasteiger partial charge in [0.1, 0.15) is 5.82 Å². The number of ether oxygens (including phenoxy) is 1. The molecular formula is C18H17FN2O4S. The third-order valence-corrected chi connectivity index (χ3v) is 5.16. The molecule has 0 aliphatic carbocycles. The molecule has 1 N–H and O–H groups in total. The van der Waals surface area contributed by atoms with Crippen molar-refractivity contribution in [3.8, 4) is 5.75 Å². The van der Waals surface area contributed by atoms with Gasteiger partial charge in [0.15, 0.2) is 5.75 Å². The maximum Gasteiger partial charge on any atom is 0.311 e. The van der Waals surface area contributed by atoms with Crippen LogP contribution in [0.15, 0.2) is 41.3 Å². The molecule has 1 unspecified atom stereocenters. The number of halogens is 1. The Kier molecular flexibility index (Phi) is 5.41. The van der Waals surface area contributed by atoms with Gasteiger partial charge < -0.3 is 10.1 Å². The van der Waals surface area contributed by atoms with Gasteiger partial charge >= 0.3 is 5.69 Å². The maximum absolute atomic E-state index is 13.6. The molecule has 6 nitrogen and oxygen atoms in total. The zero-order valence-corrected chi connectivity index (χ0v) is 14.8. The number of hydrogen-bond donors (Lipinski definition) is 1. The highest BCUT2D eigenvalue weighted by Crippen LogP contribution is 2.37. The summed E-state index contributed by atoms with van der Waals surface area (Å²) in [6, 6.07) is 8.29. The van der Waals surface area contributed by atoms with Gasteiger partial charge in [-0.3, -0.25) is 14.9 Å². The molecule has 1 atom stereocenters. The fourth-order valence-electron chi connectivity index (χ4n) is 2.84. The lowest BCUT2D eigenvalue weighted by Gasteiger charge is -2.26. The molecule has 0 spiro atoms. The van der Waals surface area contributed by atoms with Gasteiger partial charge in [-0.15, -0.1) is 11.8 Å². The van der Waals surface area contributed by atoms with E-state index in [2.05, 4.69) is 5.32 Å². The number of nitrogens with one attached hydrogen (secondary N) is 1. The number of benzene rings is 2. The van der Waals surface area contributed by atoms with Crippen molar-refractivity contribution in [3.05, 3.63) is 63.5 Å². The quantitative estimate of drug-likeness (QED) is 0.628. The summed E-state index contributed by atoms with van der Waals surface area (Å²) in [4.78, 5) is 24.1. The molecule has 26 heavy (non-hydrogen) atoms. The van der Waals surface area contributed by atoms with Crippen molar-refractivity contribution in [1.29, 1.82) is 0 Å². The van der Waals surface area contributed by atoms with Crippen molar-refractivity contribution < 1.29 is 18.8 Å². The van der Waals surface area contributed by atoms with E-state index in [1.807, 2.05) is 0 Å². The number of hydrogen-bond acceptors (Lipinski definition) is 5. The van der Waals surface area contributed by atoms with E-state index < -0.39 is 10.8 Å². The first-order valence-electron chi connectivity index (χ1n) is 8.14. The number of carbonyl (C=O) groups excluding carboxylic acids is 1. The Hall–Kier alpha value is -2.61. The second kappa shape index (κ2) is 7.74.